The summed E-state index contributed by atoms with van der Waals surface area (Å²) < 4.78 is 43.2. The monoisotopic (exact) mass is 384 g/mol. The van der Waals surface area contributed by atoms with E-state index >= 15 is 0 Å². The average Bonchev–Trinajstić information content (AvgIpc) is 3.11. The smallest absolute Gasteiger partial charge is 0.416 e. The first kappa shape index (κ1) is 18.7. The molecule has 0 radical (unpaired) electrons. The van der Waals surface area contributed by atoms with Crippen molar-refractivity contribution in [2.24, 2.45) is 5.92 Å². The van der Waals surface area contributed by atoms with Gasteiger partial charge >= 0.3 is 12.1 Å². The quantitative estimate of drug-likeness (QED) is 0.733. The van der Waals surface area contributed by atoms with Crippen LogP contribution in [0.15, 0.2) is 30.5 Å². The third-order valence-electron chi connectivity index (χ3n) is 4.54. The third-order valence-corrected chi connectivity index (χ3v) is 5.58. The van der Waals surface area contributed by atoms with Crippen molar-refractivity contribution >= 4 is 22.4 Å². The van der Waals surface area contributed by atoms with Crippen LogP contribution in [0, 0.1) is 5.92 Å². The number of aromatic nitrogens is 1. The van der Waals surface area contributed by atoms with Crippen LogP contribution in [-0.2, 0) is 17.3 Å². The fourth-order valence-electron chi connectivity index (χ4n) is 3.14. The number of carbonyl (C=O) groups excluding carboxylic acids is 1. The van der Waals surface area contributed by atoms with Crippen LogP contribution in [0.3, 0.4) is 0 Å². The van der Waals surface area contributed by atoms with Crippen molar-refractivity contribution in [1.82, 2.24) is 4.98 Å². The Morgan fingerprint density at radius 1 is 1.35 bits per heavy atom. The normalized spacial score (nSPS) is 15.9. The van der Waals surface area contributed by atoms with Gasteiger partial charge in [-0.05, 0) is 36.8 Å². The minimum atomic E-state index is -4.30. The molecular formula is C18H19F3N2O2S. The van der Waals surface area contributed by atoms with Crippen molar-refractivity contribution < 1.29 is 22.7 Å². The zero-order valence-electron chi connectivity index (χ0n) is 14.3. The summed E-state index contributed by atoms with van der Waals surface area (Å²) in [5.74, 6) is -0.0528. The Balaban J connectivity index is 1.57. The predicted molar refractivity (Wildman–Crippen MR) is 93.5 cm³/mol. The molecule has 1 aliphatic heterocycles. The van der Waals surface area contributed by atoms with E-state index in [0.29, 0.717) is 17.2 Å². The SMILES string of the molecule is COC(=O)c1cnc(N2CCC(Cc3cccc(C(F)(F)F)c3)CC2)s1. The fraction of sp³-hybridized carbons (Fsp3) is 0.444. The molecule has 1 aliphatic rings. The number of nitrogens with zero attached hydrogens (tertiary/aromatic N) is 2. The van der Waals surface area contributed by atoms with Crippen molar-refractivity contribution in [1.29, 1.82) is 0 Å². The van der Waals surface area contributed by atoms with Crippen LogP contribution in [0.25, 0.3) is 0 Å². The van der Waals surface area contributed by atoms with Gasteiger partial charge in [0.1, 0.15) is 4.88 Å². The van der Waals surface area contributed by atoms with Crippen molar-refractivity contribution in [3.8, 4) is 0 Å². The number of rotatable bonds is 4. The lowest BCUT2D eigenvalue weighted by atomic mass is 9.90. The Morgan fingerprint density at radius 3 is 2.73 bits per heavy atom. The van der Waals surface area contributed by atoms with Crippen molar-refractivity contribution in [2.75, 3.05) is 25.1 Å². The molecular weight excluding hydrogens is 365 g/mol. The number of esters is 1. The Bertz CT molecular complexity index is 768. The summed E-state index contributed by atoms with van der Waals surface area (Å²) in [5.41, 5.74) is 0.131. The van der Waals surface area contributed by atoms with Crippen LogP contribution in [0.5, 0.6) is 0 Å². The van der Waals surface area contributed by atoms with Gasteiger partial charge in [0, 0.05) is 13.1 Å². The maximum Gasteiger partial charge on any atom is 0.416 e. The summed E-state index contributed by atoms with van der Waals surface area (Å²) >= 11 is 1.30. The molecule has 0 spiro atoms. The summed E-state index contributed by atoms with van der Waals surface area (Å²) in [4.78, 5) is 18.4. The van der Waals surface area contributed by atoms with E-state index < -0.39 is 17.7 Å². The number of carbonyl (C=O) groups is 1. The van der Waals surface area contributed by atoms with Gasteiger partial charge < -0.3 is 9.64 Å². The van der Waals surface area contributed by atoms with Crippen LogP contribution in [0.4, 0.5) is 18.3 Å². The molecule has 0 unspecified atom stereocenters. The van der Waals surface area contributed by atoms with E-state index in [9.17, 15) is 18.0 Å². The molecule has 0 atom stereocenters. The number of thiazole rings is 1. The standard InChI is InChI=1S/C18H19F3N2O2S/c1-25-16(24)15-11-22-17(26-15)23-7-5-12(6-8-23)9-13-3-2-4-14(10-13)18(19,20)21/h2-4,10-12H,5-9H2,1H3. The lowest BCUT2D eigenvalue weighted by molar-refractivity contribution is -0.137. The highest BCUT2D eigenvalue weighted by molar-refractivity contribution is 7.17. The van der Waals surface area contributed by atoms with E-state index in [-0.39, 0.29) is 0 Å². The first-order valence-electron chi connectivity index (χ1n) is 8.32. The van der Waals surface area contributed by atoms with Gasteiger partial charge in [-0.2, -0.15) is 13.2 Å². The van der Waals surface area contributed by atoms with E-state index in [1.54, 1.807) is 6.07 Å². The number of piperidine rings is 1. The van der Waals surface area contributed by atoms with Gasteiger partial charge in [-0.1, -0.05) is 29.5 Å². The highest BCUT2D eigenvalue weighted by atomic mass is 32.1. The first-order chi connectivity index (χ1) is 12.4. The molecule has 3 rings (SSSR count). The molecule has 0 N–H and O–H groups in total. The van der Waals surface area contributed by atoms with Gasteiger partial charge in [-0.3, -0.25) is 0 Å². The second kappa shape index (κ2) is 7.65. The fourth-order valence-corrected chi connectivity index (χ4v) is 4.03. The largest absolute Gasteiger partial charge is 0.465 e. The molecule has 0 amide bonds. The molecule has 2 heterocycles. The number of ether oxygens (including phenoxy) is 1. The lowest BCUT2D eigenvalue weighted by Gasteiger charge is -2.31. The number of benzene rings is 1. The number of anilines is 1. The number of methoxy groups -OCH3 is 1. The Morgan fingerprint density at radius 2 is 2.08 bits per heavy atom. The van der Waals surface area contributed by atoms with Crippen molar-refractivity contribution in [3.05, 3.63) is 46.5 Å². The number of alkyl halides is 3. The second-order valence-corrected chi connectivity index (χ2v) is 7.34. The second-order valence-electron chi connectivity index (χ2n) is 6.33. The van der Waals surface area contributed by atoms with Crippen molar-refractivity contribution in [2.45, 2.75) is 25.4 Å². The highest BCUT2D eigenvalue weighted by Crippen LogP contribution is 2.32. The molecule has 0 aliphatic carbocycles. The molecule has 1 aromatic carbocycles. The van der Waals surface area contributed by atoms with Gasteiger partial charge in [0.25, 0.3) is 0 Å². The highest BCUT2D eigenvalue weighted by Gasteiger charge is 2.30. The maximum atomic E-state index is 12.8. The molecule has 0 bridgehead atoms. The van der Waals surface area contributed by atoms with Crippen LogP contribution in [-0.4, -0.2) is 31.2 Å². The first-order valence-corrected chi connectivity index (χ1v) is 9.13. The predicted octanol–water partition coefficient (Wildman–Crippen LogP) is 4.41. The van der Waals surface area contributed by atoms with Gasteiger partial charge in [0.05, 0.1) is 18.9 Å². The van der Waals surface area contributed by atoms with E-state index in [4.69, 9.17) is 0 Å². The van der Waals surface area contributed by atoms with Crippen molar-refractivity contribution in [3.63, 3.8) is 0 Å². The maximum absolute atomic E-state index is 12.8. The lowest BCUT2D eigenvalue weighted by Crippen LogP contribution is -2.34. The Hall–Kier alpha value is -2.09. The molecule has 1 aromatic heterocycles. The van der Waals surface area contributed by atoms with Crippen LogP contribution in [0.1, 0.15) is 33.6 Å². The van der Waals surface area contributed by atoms with E-state index in [0.717, 1.165) is 42.7 Å². The molecule has 8 heteroatoms. The van der Waals surface area contributed by atoms with E-state index in [2.05, 4.69) is 14.6 Å². The van der Waals surface area contributed by atoms with Crippen LogP contribution in [0.2, 0.25) is 0 Å². The minimum Gasteiger partial charge on any atom is -0.465 e. The zero-order valence-corrected chi connectivity index (χ0v) is 15.1. The average molecular weight is 384 g/mol. The summed E-state index contributed by atoms with van der Waals surface area (Å²) in [6.45, 7) is 1.55. The molecule has 0 saturated carbocycles. The van der Waals surface area contributed by atoms with Gasteiger partial charge in [-0.15, -0.1) is 0 Å². The summed E-state index contributed by atoms with van der Waals surface area (Å²) in [6.07, 6.45) is -0.391. The molecule has 2 aromatic rings. The number of hydrogen-bond donors (Lipinski definition) is 0. The minimum absolute atomic E-state index is 0.342. The molecule has 1 fully saturated rings. The molecule has 1 saturated heterocycles. The van der Waals surface area contributed by atoms with E-state index in [1.165, 1.54) is 36.8 Å². The van der Waals surface area contributed by atoms with Crippen LogP contribution < -0.4 is 4.90 Å². The summed E-state index contributed by atoms with van der Waals surface area (Å²) in [5, 5.41) is 0.780. The summed E-state index contributed by atoms with van der Waals surface area (Å²) in [6, 6.07) is 5.57. The van der Waals surface area contributed by atoms with Gasteiger partial charge in [0.15, 0.2) is 5.13 Å². The topological polar surface area (TPSA) is 42.4 Å². The third kappa shape index (κ3) is 4.35. The molecule has 26 heavy (non-hydrogen) atoms. The van der Waals surface area contributed by atoms with Crippen LogP contribution >= 0.6 is 11.3 Å². The van der Waals surface area contributed by atoms with Gasteiger partial charge in [-0.25, -0.2) is 9.78 Å². The molecule has 140 valence electrons. The summed E-state index contributed by atoms with van der Waals surface area (Å²) in [7, 11) is 1.33. The van der Waals surface area contributed by atoms with Gasteiger partial charge in [0.2, 0.25) is 0 Å². The number of hydrogen-bond acceptors (Lipinski definition) is 5. The number of halogens is 3. The Labute approximate surface area is 153 Å². The molecule has 4 nitrogen and oxygen atoms in total. The Kier molecular flexibility index (Phi) is 5.50. The van der Waals surface area contributed by atoms with E-state index in [1.807, 2.05) is 0 Å². The zero-order chi connectivity index (χ0) is 18.7.